The number of rotatable bonds is 13. The van der Waals surface area contributed by atoms with Crippen LogP contribution in [-0.2, 0) is 34.5 Å². The zero-order valence-corrected chi connectivity index (χ0v) is 78.3. The predicted molar refractivity (Wildman–Crippen MR) is 478 cm³/mol. The van der Waals surface area contributed by atoms with Gasteiger partial charge in [0.05, 0.1) is 0 Å². The van der Waals surface area contributed by atoms with E-state index in [9.17, 15) is 19.2 Å². The van der Waals surface area contributed by atoms with Crippen molar-refractivity contribution < 1.29 is 20.4 Å². The maximum atomic E-state index is 11.4. The van der Waals surface area contributed by atoms with Crippen molar-refractivity contribution in [3.05, 3.63) is 410 Å². The largest absolute Gasteiger partial charge is 0.0622 e. The Balaban J connectivity index is 0.000000200. The van der Waals surface area contributed by atoms with E-state index in [1.165, 1.54) is 75.4 Å². The maximum Gasteiger partial charge on any atom is 0 e. The van der Waals surface area contributed by atoms with E-state index in [-0.39, 0.29) is 30.6 Å². The van der Waals surface area contributed by atoms with Gasteiger partial charge < -0.3 is 0 Å². The standard InChI is InChI=1S/4C18H15P.C4H4BrN3O2.C4H4N3O2.9CH3.Pd.3Sn/c4*1-4-10-16(11-5-1)19(17-12-6-2-7-13-17)18-14-8-3-9-15-18;1-8-4(10)6-3(9)2(5)7-8;1-7-4(9)6-3(8)2-5-7;;;;;;;;;;;;;/h4*1-15H;1H3,(H,6,9,10);1H3,(H,6,8,9);9*1H3;;;;. The summed E-state index contributed by atoms with van der Waals surface area (Å²) in [5, 5.41) is 24.3. The summed E-state index contributed by atoms with van der Waals surface area (Å²) in [7, 11) is 1.20. The monoisotopic (exact) mass is 1980 g/mol. The third-order valence-corrected chi connectivity index (χ3v) is 30.1. The summed E-state index contributed by atoms with van der Waals surface area (Å²) in [4.78, 5) is 68.3. The van der Waals surface area contributed by atoms with E-state index in [4.69, 9.17) is 0 Å². The van der Waals surface area contributed by atoms with E-state index in [0.717, 1.165) is 4.68 Å². The first-order valence-electron chi connectivity index (χ1n) is 35.1. The minimum absolute atomic E-state index is 0. The van der Waals surface area contributed by atoms with Gasteiger partial charge in [0.25, 0.3) is 5.56 Å². The van der Waals surface area contributed by atoms with Crippen molar-refractivity contribution in [3.63, 3.8) is 0 Å². The molecule has 0 fully saturated rings. The summed E-state index contributed by atoms with van der Waals surface area (Å²) in [6.07, 6.45) is 0. The van der Waals surface area contributed by atoms with Gasteiger partial charge in [-0.3, -0.25) is 9.78 Å². The number of aromatic nitrogens is 6. The van der Waals surface area contributed by atoms with Crippen LogP contribution in [0.5, 0.6) is 0 Å². The molecule has 0 atom stereocenters. The van der Waals surface area contributed by atoms with Crippen LogP contribution in [0.15, 0.2) is 388 Å². The average molecular weight is 1980 g/mol. The molecule has 2 radical (unpaired) electrons. The number of halogens is 1. The van der Waals surface area contributed by atoms with Gasteiger partial charge >= 0.3 is 154 Å². The molecule has 12 aromatic carbocycles. The van der Waals surface area contributed by atoms with Crippen LogP contribution in [0.3, 0.4) is 0 Å². The van der Waals surface area contributed by atoms with Gasteiger partial charge in [0, 0.05) is 27.5 Å². The normalized spacial score (nSPS) is 10.4. The molecule has 0 amide bonds. The molecule has 2 heterocycles. The molecule has 2 N–H and O–H groups in total. The first kappa shape index (κ1) is 90.0. The van der Waals surface area contributed by atoms with Gasteiger partial charge in [-0.2, -0.15) is 5.10 Å². The van der Waals surface area contributed by atoms with Gasteiger partial charge in [0.2, 0.25) is 0 Å². The summed E-state index contributed by atoms with van der Waals surface area (Å²) in [6.45, 7) is 0. The maximum absolute atomic E-state index is 11.4. The smallest absolute Gasteiger partial charge is 0 e. The fourth-order valence-corrected chi connectivity index (χ4v) is 23.1. The minimum Gasteiger partial charge on any atom is -0.0622 e. The molecule has 0 aliphatic carbocycles. The van der Waals surface area contributed by atoms with Crippen LogP contribution in [0, 0.1) is 0 Å². The molecule has 2 aromatic heterocycles. The van der Waals surface area contributed by atoms with Gasteiger partial charge in [-0.25, -0.2) is 9.48 Å². The number of nitrogens with zero attached hydrogens (tertiary/aromatic N) is 4. The van der Waals surface area contributed by atoms with Crippen LogP contribution >= 0.6 is 47.6 Å². The van der Waals surface area contributed by atoms with Crippen molar-refractivity contribution in [1.82, 2.24) is 29.5 Å². The second-order valence-corrected chi connectivity index (χ2v) is 67.0. The predicted octanol–water partition coefficient (Wildman–Crippen LogP) is 14.8. The van der Waals surface area contributed by atoms with Crippen molar-refractivity contribution in [1.29, 1.82) is 0 Å². The molecule has 0 unspecified atom stereocenters. The van der Waals surface area contributed by atoms with E-state index in [1.54, 1.807) is 7.05 Å². The zero-order valence-electron chi connectivity index (χ0n) is 63.0. The number of hydrogen-bond acceptors (Lipinski definition) is 6. The Morgan fingerprint density at radius 1 is 0.278 bits per heavy atom. The molecule has 0 saturated carbocycles. The van der Waals surface area contributed by atoms with Crippen LogP contribution < -0.4 is 89.9 Å². The molecule has 10 nitrogen and oxygen atoms in total. The van der Waals surface area contributed by atoms with E-state index in [2.05, 4.69) is 440 Å². The van der Waals surface area contributed by atoms with E-state index in [0.29, 0.717) is 3.71 Å². The van der Waals surface area contributed by atoms with Crippen LogP contribution in [0.2, 0.25) is 44.5 Å². The van der Waals surface area contributed by atoms with Crippen LogP contribution in [-0.4, -0.2) is 87.4 Å². The van der Waals surface area contributed by atoms with Crippen LogP contribution in [0.25, 0.3) is 0 Å². The SMILES string of the molecule is Cn1n[c]([Sn]([CH3])([CH3])[CH3])c(=O)[nH]c1=O.Cn1nc(Br)c(=O)[nH]c1=O.[CH3][Sn]([CH3])[CH3].[CH3][Sn]([CH3])[CH3].[Pd].c1ccc(P(c2ccccc2)c2ccccc2)cc1.c1ccc(P(c2ccccc2)c2ccccc2)cc1.c1ccc(P(c2ccccc2)c2ccccc2)cc1.c1ccc(P(c2ccccc2)c2ccccc2)cc1. The molecule has 0 aliphatic heterocycles. The third kappa shape index (κ3) is 31.1. The van der Waals surface area contributed by atoms with Gasteiger partial charge in [-0.1, -0.05) is 364 Å². The number of nitrogens with one attached hydrogen (secondary N) is 2. The summed E-state index contributed by atoms with van der Waals surface area (Å²) in [5.41, 5.74) is -1.80. The second-order valence-electron chi connectivity index (χ2n) is 26.0. The van der Waals surface area contributed by atoms with Crippen molar-refractivity contribution in [2.75, 3.05) is 0 Å². The Morgan fingerprint density at radius 3 is 0.556 bits per heavy atom. The fraction of sp³-hybridized carbons (Fsp3) is 0.124. The Labute approximate surface area is 684 Å². The second kappa shape index (κ2) is 49.4. The van der Waals surface area contributed by atoms with Crippen molar-refractivity contribution in [2.24, 2.45) is 14.1 Å². The minimum atomic E-state index is -2.46. The Morgan fingerprint density at radius 2 is 0.417 bits per heavy atom. The molecule has 19 heteroatoms. The van der Waals surface area contributed by atoms with Gasteiger partial charge in [0.1, 0.15) is 0 Å². The Bertz CT molecular complexity index is 4130. The molecule has 0 spiro atoms. The quantitative estimate of drug-likeness (QED) is 0.0872. The van der Waals surface area contributed by atoms with Gasteiger partial charge in [-0.05, 0) is 111 Å². The molecule has 14 rings (SSSR count). The average Bonchev–Trinajstić information content (AvgIpc) is 0.851. The van der Waals surface area contributed by atoms with E-state index >= 15 is 0 Å². The van der Waals surface area contributed by atoms with E-state index in [1.807, 2.05) is 4.98 Å². The van der Waals surface area contributed by atoms with Gasteiger partial charge in [0.15, 0.2) is 4.60 Å². The number of hydrogen-bond donors (Lipinski definition) is 2. The first-order valence-corrected chi connectivity index (χ1v) is 68.3. The Kier molecular flexibility index (Phi) is 41.2. The van der Waals surface area contributed by atoms with Crippen LogP contribution in [0.1, 0.15) is 0 Å². The third-order valence-electron chi connectivity index (χ3n) is 14.8. The number of aromatic amines is 2. The Hall–Kier alpha value is -6.88. The van der Waals surface area contributed by atoms with Crippen molar-refractivity contribution in [2.45, 2.75) is 44.5 Å². The number of aryl methyl sites for hydroxylation is 2. The number of benzene rings is 12. The number of H-pyrrole nitrogens is 2. The van der Waals surface area contributed by atoms with Gasteiger partial charge in [-0.15, -0.1) is 0 Å². The molecular formula is C89H95BrN6O4P4PdSn3. The molecule has 108 heavy (non-hydrogen) atoms. The molecule has 0 aliphatic rings. The van der Waals surface area contributed by atoms with Crippen LogP contribution in [0.4, 0.5) is 0 Å². The zero-order chi connectivity index (χ0) is 76.8. The molecular weight excluding hydrogens is 1880 g/mol. The van der Waals surface area contributed by atoms with Crippen molar-refractivity contribution in [3.8, 4) is 0 Å². The summed E-state index contributed by atoms with van der Waals surface area (Å²) in [6, 6.07) is 129. The molecule has 0 saturated heterocycles. The fourth-order valence-electron chi connectivity index (χ4n) is 10.1. The van der Waals surface area contributed by atoms with E-state index < -0.39 is 107 Å². The topological polar surface area (TPSA) is 136 Å². The molecule has 554 valence electrons. The summed E-state index contributed by atoms with van der Waals surface area (Å²) < 4.78 is 2.90. The summed E-state index contributed by atoms with van der Waals surface area (Å²) in [5.74, 6) is 0. The summed E-state index contributed by atoms with van der Waals surface area (Å²) >= 11 is -0.684. The molecule has 0 bridgehead atoms. The van der Waals surface area contributed by atoms with Crippen molar-refractivity contribution >= 4 is 173 Å². The molecule has 14 aromatic rings. The first-order chi connectivity index (χ1) is 51.7.